The second kappa shape index (κ2) is 9.48. The molecule has 6 nitrogen and oxygen atoms in total. The predicted molar refractivity (Wildman–Crippen MR) is 103 cm³/mol. The summed E-state index contributed by atoms with van der Waals surface area (Å²) in [5.74, 6) is 0.0562. The number of ether oxygens (including phenoxy) is 3. The third-order valence-corrected chi connectivity index (χ3v) is 4.73. The maximum atomic E-state index is 12.7. The highest BCUT2D eigenvalue weighted by molar-refractivity contribution is 6.43. The van der Waals surface area contributed by atoms with Crippen LogP contribution in [-0.4, -0.2) is 33.2 Å². The van der Waals surface area contributed by atoms with Gasteiger partial charge < -0.3 is 19.5 Å². The summed E-state index contributed by atoms with van der Waals surface area (Å²) in [7, 11) is 4.30. The molecule has 1 atom stereocenters. The molecule has 144 valence electrons. The first-order valence-electron chi connectivity index (χ1n) is 7.94. The van der Waals surface area contributed by atoms with E-state index < -0.39 is 17.9 Å². The van der Waals surface area contributed by atoms with Gasteiger partial charge in [0.1, 0.15) is 0 Å². The standard InChI is InChI=1S/C19H19Cl2NO5/c1-25-15-8-7-11(9-16(15)26-2)14(10-17(23)27-3)22-19(24)12-5-4-6-13(20)18(12)21/h4-9,14H,10H2,1-3H3,(H,22,24). The molecule has 0 aliphatic carbocycles. The van der Waals surface area contributed by atoms with E-state index in [0.717, 1.165) is 0 Å². The van der Waals surface area contributed by atoms with Crippen LogP contribution >= 0.6 is 23.2 Å². The van der Waals surface area contributed by atoms with Crippen LogP contribution in [-0.2, 0) is 9.53 Å². The molecule has 0 fully saturated rings. The Balaban J connectivity index is 2.36. The van der Waals surface area contributed by atoms with Crippen molar-refractivity contribution < 1.29 is 23.8 Å². The van der Waals surface area contributed by atoms with E-state index in [9.17, 15) is 9.59 Å². The van der Waals surface area contributed by atoms with E-state index in [1.165, 1.54) is 21.3 Å². The summed E-state index contributed by atoms with van der Waals surface area (Å²) in [5.41, 5.74) is 0.851. The number of amides is 1. The third-order valence-electron chi connectivity index (χ3n) is 3.91. The van der Waals surface area contributed by atoms with Crippen molar-refractivity contribution in [3.05, 3.63) is 57.6 Å². The van der Waals surface area contributed by atoms with Gasteiger partial charge in [0.25, 0.3) is 5.91 Å². The Kier molecular flexibility index (Phi) is 7.33. The van der Waals surface area contributed by atoms with E-state index in [4.69, 9.17) is 37.4 Å². The molecule has 1 amide bonds. The molecule has 0 saturated carbocycles. The SMILES string of the molecule is COC(=O)CC(NC(=O)c1cccc(Cl)c1Cl)c1ccc(OC)c(OC)c1. The lowest BCUT2D eigenvalue weighted by molar-refractivity contribution is -0.141. The maximum absolute atomic E-state index is 12.7. The average Bonchev–Trinajstić information content (AvgIpc) is 2.68. The molecule has 1 unspecified atom stereocenters. The van der Waals surface area contributed by atoms with E-state index in [1.54, 1.807) is 36.4 Å². The minimum atomic E-state index is -0.667. The summed E-state index contributed by atoms with van der Waals surface area (Å²) in [6, 6.07) is 9.20. The fourth-order valence-electron chi connectivity index (χ4n) is 2.49. The number of hydrogen-bond acceptors (Lipinski definition) is 5. The molecule has 1 N–H and O–H groups in total. The Hall–Kier alpha value is -2.44. The smallest absolute Gasteiger partial charge is 0.307 e. The minimum Gasteiger partial charge on any atom is -0.493 e. The van der Waals surface area contributed by atoms with Gasteiger partial charge in [-0.15, -0.1) is 0 Å². The van der Waals surface area contributed by atoms with Crippen molar-refractivity contribution in [2.75, 3.05) is 21.3 Å². The molecule has 0 aliphatic heterocycles. The molecular weight excluding hydrogens is 393 g/mol. The van der Waals surface area contributed by atoms with Crippen molar-refractivity contribution in [3.63, 3.8) is 0 Å². The first-order valence-corrected chi connectivity index (χ1v) is 8.70. The summed E-state index contributed by atoms with van der Waals surface area (Å²) >= 11 is 12.1. The fourth-order valence-corrected chi connectivity index (χ4v) is 2.87. The lowest BCUT2D eigenvalue weighted by Crippen LogP contribution is -2.30. The molecule has 0 spiro atoms. The van der Waals surface area contributed by atoms with Gasteiger partial charge >= 0.3 is 5.97 Å². The maximum Gasteiger partial charge on any atom is 0.307 e. The van der Waals surface area contributed by atoms with Crippen molar-refractivity contribution >= 4 is 35.1 Å². The van der Waals surface area contributed by atoms with Crippen LogP contribution in [0.25, 0.3) is 0 Å². The third kappa shape index (κ3) is 5.05. The van der Waals surface area contributed by atoms with Gasteiger partial charge in [-0.2, -0.15) is 0 Å². The van der Waals surface area contributed by atoms with Crippen LogP contribution in [0.2, 0.25) is 10.0 Å². The number of carbonyl (C=O) groups excluding carboxylic acids is 2. The Labute approximate surface area is 167 Å². The van der Waals surface area contributed by atoms with Crippen molar-refractivity contribution in [2.24, 2.45) is 0 Å². The van der Waals surface area contributed by atoms with E-state index in [0.29, 0.717) is 17.1 Å². The first kappa shape index (κ1) is 20.9. The molecule has 0 bridgehead atoms. The number of methoxy groups -OCH3 is 3. The molecule has 0 radical (unpaired) electrons. The van der Waals surface area contributed by atoms with Crippen LogP contribution in [0.3, 0.4) is 0 Å². The van der Waals surface area contributed by atoms with E-state index in [1.807, 2.05) is 0 Å². The van der Waals surface area contributed by atoms with Crippen LogP contribution in [0.5, 0.6) is 11.5 Å². The number of carbonyl (C=O) groups is 2. The molecule has 27 heavy (non-hydrogen) atoms. The second-order valence-corrected chi connectivity index (χ2v) is 6.31. The van der Waals surface area contributed by atoms with E-state index >= 15 is 0 Å². The Morgan fingerprint density at radius 1 is 1.04 bits per heavy atom. The predicted octanol–water partition coefficient (Wildman–Crippen LogP) is 4.04. The van der Waals surface area contributed by atoms with E-state index in [-0.39, 0.29) is 22.0 Å². The highest BCUT2D eigenvalue weighted by Crippen LogP contribution is 2.32. The van der Waals surface area contributed by atoms with Crippen molar-refractivity contribution in [3.8, 4) is 11.5 Å². The number of hydrogen-bond donors (Lipinski definition) is 1. The largest absolute Gasteiger partial charge is 0.493 e. The minimum absolute atomic E-state index is 0.0735. The van der Waals surface area contributed by atoms with Gasteiger partial charge in [-0.3, -0.25) is 9.59 Å². The lowest BCUT2D eigenvalue weighted by Gasteiger charge is -2.20. The molecule has 0 aromatic heterocycles. The van der Waals surface area contributed by atoms with Crippen LogP contribution in [0.15, 0.2) is 36.4 Å². The van der Waals surface area contributed by atoms with Crippen molar-refractivity contribution in [1.82, 2.24) is 5.32 Å². The topological polar surface area (TPSA) is 73.9 Å². The zero-order valence-corrected chi connectivity index (χ0v) is 16.6. The normalized spacial score (nSPS) is 11.4. The number of benzene rings is 2. The summed E-state index contributed by atoms with van der Waals surface area (Å²) in [6.07, 6.45) is -0.0735. The van der Waals surface area contributed by atoms with Gasteiger partial charge in [-0.1, -0.05) is 35.3 Å². The Bertz CT molecular complexity index is 841. The lowest BCUT2D eigenvalue weighted by atomic mass is 10.0. The first-order chi connectivity index (χ1) is 12.9. The van der Waals surface area contributed by atoms with Gasteiger partial charge in [0.2, 0.25) is 0 Å². The van der Waals surface area contributed by atoms with Crippen LogP contribution < -0.4 is 14.8 Å². The van der Waals surface area contributed by atoms with E-state index in [2.05, 4.69) is 5.32 Å². The summed E-state index contributed by atoms with van der Waals surface area (Å²) in [6.45, 7) is 0. The van der Waals surface area contributed by atoms with Crippen LogP contribution in [0.1, 0.15) is 28.4 Å². The molecule has 8 heteroatoms. The highest BCUT2D eigenvalue weighted by Gasteiger charge is 2.22. The average molecular weight is 412 g/mol. The quantitative estimate of drug-likeness (QED) is 0.695. The van der Waals surface area contributed by atoms with Gasteiger partial charge in [-0.05, 0) is 29.8 Å². The van der Waals surface area contributed by atoms with Crippen LogP contribution in [0, 0.1) is 0 Å². The van der Waals surface area contributed by atoms with Crippen LogP contribution in [0.4, 0.5) is 0 Å². The number of nitrogens with one attached hydrogen (secondary N) is 1. The zero-order chi connectivity index (χ0) is 20.0. The fraction of sp³-hybridized carbons (Fsp3) is 0.263. The molecule has 0 aliphatic rings. The Morgan fingerprint density at radius 3 is 2.37 bits per heavy atom. The zero-order valence-electron chi connectivity index (χ0n) is 15.0. The molecule has 2 rings (SSSR count). The molecule has 0 heterocycles. The summed E-state index contributed by atoms with van der Waals surface area (Å²) in [4.78, 5) is 24.5. The van der Waals surface area contributed by atoms with Gasteiger partial charge in [0.05, 0.1) is 49.4 Å². The molecule has 2 aromatic carbocycles. The number of rotatable bonds is 7. The van der Waals surface area contributed by atoms with Gasteiger partial charge in [0.15, 0.2) is 11.5 Å². The van der Waals surface area contributed by atoms with Gasteiger partial charge in [-0.25, -0.2) is 0 Å². The Morgan fingerprint density at radius 2 is 1.74 bits per heavy atom. The monoisotopic (exact) mass is 411 g/mol. The highest BCUT2D eigenvalue weighted by atomic mass is 35.5. The molecule has 2 aromatic rings. The summed E-state index contributed by atoms with van der Waals surface area (Å²) < 4.78 is 15.2. The number of halogens is 2. The molecule has 0 saturated heterocycles. The van der Waals surface area contributed by atoms with Crippen molar-refractivity contribution in [1.29, 1.82) is 0 Å². The molecular formula is C19H19Cl2NO5. The number of esters is 1. The van der Waals surface area contributed by atoms with Crippen molar-refractivity contribution in [2.45, 2.75) is 12.5 Å². The second-order valence-electron chi connectivity index (χ2n) is 5.52. The summed E-state index contributed by atoms with van der Waals surface area (Å²) in [5, 5.41) is 3.20. The van der Waals surface area contributed by atoms with Gasteiger partial charge in [0, 0.05) is 0 Å².